The summed E-state index contributed by atoms with van der Waals surface area (Å²) in [5.74, 6) is 0.695. The third kappa shape index (κ3) is 11.4. The number of aliphatic hydroxyl groups is 1. The average Bonchev–Trinajstić information content (AvgIpc) is 4.18. The molecule has 4 saturated heterocycles. The second-order valence-corrected chi connectivity index (χ2v) is 17.0. The number of quaternary nitrogens is 1. The second kappa shape index (κ2) is 21.7. The van der Waals surface area contributed by atoms with Gasteiger partial charge < -0.3 is 36.0 Å². The first-order valence-corrected chi connectivity index (χ1v) is 22.2. The van der Waals surface area contributed by atoms with Gasteiger partial charge in [-0.3, -0.25) is 4.79 Å². The smallest absolute Gasteiger partial charge is 0.193 e. The predicted molar refractivity (Wildman–Crippen MR) is 249 cm³/mol. The fourth-order valence-electron chi connectivity index (χ4n) is 9.31. The topological polar surface area (TPSA) is 59.1 Å². The Morgan fingerprint density at radius 2 is 1.00 bits per heavy atom. The zero-order chi connectivity index (χ0) is 42.5. The van der Waals surface area contributed by atoms with Crippen LogP contribution in [0.5, 0.6) is 0 Å². The molecule has 4 aliphatic heterocycles. The molecule has 7 aromatic carbocycles. The highest BCUT2D eigenvalue weighted by atomic mass is 79.9. The van der Waals surface area contributed by atoms with Crippen molar-refractivity contribution >= 4 is 5.78 Å². The molecule has 4 fully saturated rings. The Bertz CT molecular complexity index is 2270. The number of nitrogens with zero attached hydrogens (tertiary/aromatic N) is 1. The van der Waals surface area contributed by atoms with Crippen molar-refractivity contribution in [2.75, 3.05) is 39.4 Å². The highest BCUT2D eigenvalue weighted by Crippen LogP contribution is 2.44. The highest BCUT2D eigenvalue weighted by molar-refractivity contribution is 6.08. The highest BCUT2D eigenvalue weighted by Gasteiger charge is 2.48. The van der Waals surface area contributed by atoms with Gasteiger partial charge in [0, 0.05) is 36.3 Å². The van der Waals surface area contributed by atoms with Crippen LogP contribution >= 0.6 is 0 Å². The summed E-state index contributed by atoms with van der Waals surface area (Å²) in [6.45, 7) is 5.96. The van der Waals surface area contributed by atoms with Crippen LogP contribution in [0, 0.1) is 5.92 Å². The lowest BCUT2D eigenvalue weighted by molar-refractivity contribution is -0.946. The summed E-state index contributed by atoms with van der Waals surface area (Å²) >= 11 is 0. The number of carbonyl (C=O) groups excluding carboxylic acids is 1. The normalized spacial score (nSPS) is 19.2. The van der Waals surface area contributed by atoms with E-state index < -0.39 is 5.60 Å². The number of halogens is 1. The van der Waals surface area contributed by atoms with Crippen molar-refractivity contribution in [1.82, 2.24) is 0 Å². The molecule has 1 N–H and O–H groups in total. The van der Waals surface area contributed by atoms with E-state index in [-0.39, 0.29) is 34.5 Å². The van der Waals surface area contributed by atoms with Gasteiger partial charge in [0.05, 0.1) is 32.8 Å². The summed E-state index contributed by atoms with van der Waals surface area (Å²) in [6, 6.07) is 70.2. The van der Waals surface area contributed by atoms with Gasteiger partial charge in [0.1, 0.15) is 23.9 Å². The molecule has 322 valence electrons. The first-order valence-electron chi connectivity index (χ1n) is 22.2. The van der Waals surface area contributed by atoms with E-state index in [1.807, 2.05) is 133 Å². The van der Waals surface area contributed by atoms with Crippen molar-refractivity contribution in [1.29, 1.82) is 0 Å². The van der Waals surface area contributed by atoms with E-state index in [1.54, 1.807) is 0 Å². The number of rotatable bonds is 13. The van der Waals surface area contributed by atoms with Gasteiger partial charge in [0.25, 0.3) is 0 Å². The Morgan fingerprint density at radius 3 is 1.43 bits per heavy atom. The molecule has 1 atom stereocenters. The molecule has 0 radical (unpaired) electrons. The maximum atomic E-state index is 11.9. The largest absolute Gasteiger partial charge is 1.00 e. The molecule has 5 nitrogen and oxygen atoms in total. The van der Waals surface area contributed by atoms with Gasteiger partial charge in [-0.1, -0.05) is 212 Å². The van der Waals surface area contributed by atoms with Crippen molar-refractivity contribution in [2.45, 2.75) is 43.0 Å². The maximum Gasteiger partial charge on any atom is 0.193 e. The molecule has 63 heavy (non-hydrogen) atoms. The average molecular weight is 901 g/mol. The number of aryl methyl sites for hydroxylation is 1. The van der Waals surface area contributed by atoms with Crippen molar-refractivity contribution in [3.05, 3.63) is 251 Å². The quantitative estimate of drug-likeness (QED) is 0.0724. The molecular weight excluding hydrogens is 843 g/mol. The van der Waals surface area contributed by atoms with Crippen molar-refractivity contribution in [3.8, 4) is 0 Å². The van der Waals surface area contributed by atoms with E-state index in [2.05, 4.69) is 78.9 Å². The number of hydrogen-bond donors (Lipinski definition) is 1. The number of benzene rings is 7. The van der Waals surface area contributed by atoms with E-state index in [1.165, 1.54) is 60.1 Å². The molecule has 0 amide bonds. The number of ether oxygens (including phenoxy) is 2. The minimum Gasteiger partial charge on any atom is -1.00 e. The van der Waals surface area contributed by atoms with Gasteiger partial charge in [-0.2, -0.15) is 0 Å². The number of fused-ring (bicyclic) bond motifs is 3. The van der Waals surface area contributed by atoms with Crippen molar-refractivity contribution in [2.24, 2.45) is 5.92 Å². The molecule has 0 aliphatic carbocycles. The van der Waals surface area contributed by atoms with Crippen molar-refractivity contribution < 1.29 is 40.8 Å². The zero-order valence-electron chi connectivity index (χ0n) is 35.9. The molecule has 4 aliphatic rings. The molecule has 0 spiro atoms. The Kier molecular flexibility index (Phi) is 15.7. The summed E-state index contributed by atoms with van der Waals surface area (Å²) in [5.41, 5.74) is 5.89. The molecule has 7 aromatic rings. The van der Waals surface area contributed by atoms with Gasteiger partial charge in [-0.05, 0) is 34.2 Å². The van der Waals surface area contributed by atoms with Crippen molar-refractivity contribution in [3.63, 3.8) is 0 Å². The molecule has 1 unspecified atom stereocenters. The Morgan fingerprint density at radius 1 is 0.603 bits per heavy atom. The number of hydrogen-bond acceptors (Lipinski definition) is 4. The zero-order valence-corrected chi connectivity index (χ0v) is 37.5. The van der Waals surface area contributed by atoms with Crippen LogP contribution in [0.15, 0.2) is 212 Å². The summed E-state index contributed by atoms with van der Waals surface area (Å²) in [5, 5.41) is 11.9. The summed E-state index contributed by atoms with van der Waals surface area (Å²) < 4.78 is 13.5. The summed E-state index contributed by atoms with van der Waals surface area (Å²) in [4.78, 5) is 11.8. The lowest BCUT2D eigenvalue weighted by Gasteiger charge is -2.53. The Labute approximate surface area is 384 Å². The number of ketones is 1. The number of carbonyl (C=O) groups is 1. The van der Waals surface area contributed by atoms with Gasteiger partial charge in [0.15, 0.2) is 5.78 Å². The molecule has 6 heteroatoms. The maximum absolute atomic E-state index is 11.9. The van der Waals surface area contributed by atoms with E-state index in [0.29, 0.717) is 12.5 Å². The van der Waals surface area contributed by atoms with E-state index in [4.69, 9.17) is 9.47 Å². The van der Waals surface area contributed by atoms with Gasteiger partial charge in [-0.25, -0.2) is 0 Å². The molecule has 4 heterocycles. The summed E-state index contributed by atoms with van der Waals surface area (Å²) in [6.07, 6.45) is 5.08. The fourth-order valence-corrected chi connectivity index (χ4v) is 9.31. The van der Waals surface area contributed by atoms with Gasteiger partial charge in [0.2, 0.25) is 0 Å². The number of piperidine rings is 3. The predicted octanol–water partition coefficient (Wildman–Crippen LogP) is 8.06. The van der Waals surface area contributed by atoms with E-state index in [9.17, 15) is 9.90 Å². The molecule has 0 saturated carbocycles. The summed E-state index contributed by atoms with van der Waals surface area (Å²) in [7, 11) is 0. The number of epoxide rings is 1. The molecular formula is C57H58BrNO4. The van der Waals surface area contributed by atoms with Crippen LogP contribution in [-0.2, 0) is 27.1 Å². The molecule has 2 bridgehead atoms. The van der Waals surface area contributed by atoms with E-state index in [0.717, 1.165) is 41.8 Å². The fraction of sp³-hybridized carbons (Fsp3) is 0.246. The van der Waals surface area contributed by atoms with Crippen LogP contribution in [-0.4, -0.2) is 60.9 Å². The Balaban J connectivity index is 0.000000163. The van der Waals surface area contributed by atoms with Crippen LogP contribution in [0.4, 0.5) is 0 Å². The monoisotopic (exact) mass is 899 g/mol. The molecule has 11 rings (SSSR count). The first-order chi connectivity index (χ1) is 30.5. The van der Waals surface area contributed by atoms with Crippen LogP contribution in [0.25, 0.3) is 0 Å². The van der Waals surface area contributed by atoms with Crippen LogP contribution in [0.2, 0.25) is 0 Å². The third-order valence-corrected chi connectivity index (χ3v) is 13.0. The minimum atomic E-state index is -1.13. The van der Waals surface area contributed by atoms with Crippen LogP contribution in [0.3, 0.4) is 0 Å². The second-order valence-electron chi connectivity index (χ2n) is 17.0. The van der Waals surface area contributed by atoms with Gasteiger partial charge in [-0.15, -0.1) is 0 Å². The molecule has 0 aromatic heterocycles. The minimum absolute atomic E-state index is 0. The SMILES string of the molecule is O=C(c1ccccc1)c1ccccc1.OC(COC1C[N+]2(CCCc3ccccc3)CCC1CC2)(c1ccccc1)c1ccccc1.[Br-].c1ccc(C2(c3ccccc3)CO2)cc1. The first kappa shape index (κ1) is 45.6. The van der Waals surface area contributed by atoms with Gasteiger partial charge >= 0.3 is 0 Å². The lowest BCUT2D eigenvalue weighted by atomic mass is 9.82. The van der Waals surface area contributed by atoms with Crippen LogP contribution in [0.1, 0.15) is 63.0 Å². The standard InChI is InChI=1S/C30H36NO2.C14H12O.C13H10O.BrH/c32-30(27-14-6-2-7-15-27,28-16-8-3-9-17-28)24-33-29-23-31(21-18-26(29)19-22-31)20-10-13-25-11-4-1-5-12-25;1-3-7-12(8-4-1)14(11-15-14)13-9-5-2-6-10-13;14-13(11-7-3-1-4-8-11)12-9-5-2-6-10-12;/h1-9,11-12,14-17,26,29,32H,10,13,18-24H2;1-10H,11H2;1-10H;1H/q+1;;;/p-1. The Hall–Kier alpha value is -5.47. The van der Waals surface area contributed by atoms with E-state index >= 15 is 0 Å². The third-order valence-electron chi connectivity index (χ3n) is 13.0. The van der Waals surface area contributed by atoms with Crippen LogP contribution < -0.4 is 17.0 Å². The lowest BCUT2D eigenvalue weighted by Crippen LogP contribution is -3.00.